The van der Waals surface area contributed by atoms with Crippen molar-refractivity contribution in [2.45, 2.75) is 12.7 Å². The molecule has 1 aliphatic heterocycles. The molecule has 1 saturated heterocycles. The molecule has 0 spiro atoms. The van der Waals surface area contributed by atoms with Crippen LogP contribution in [0.2, 0.25) is 0 Å². The maximum Gasteiger partial charge on any atom is 0.416 e. The van der Waals surface area contributed by atoms with E-state index in [2.05, 4.69) is 43.0 Å². The van der Waals surface area contributed by atoms with Gasteiger partial charge < -0.3 is 10.2 Å². The molecule has 0 saturated carbocycles. The molecule has 1 fully saturated rings. The summed E-state index contributed by atoms with van der Waals surface area (Å²) in [5.74, 6) is 5.68. The first kappa shape index (κ1) is 27.8. The molecule has 4 aromatic rings. The number of nitrogens with zero attached hydrogens (tertiary/aromatic N) is 3. The number of carbonyl (C=O) groups is 1. The predicted molar refractivity (Wildman–Crippen MR) is 154 cm³/mol. The average Bonchev–Trinajstić information content (AvgIpc) is 2.94. The molecule has 2 heterocycles. The third-order valence-corrected chi connectivity index (χ3v) is 7.58. The van der Waals surface area contributed by atoms with Gasteiger partial charge in [-0.3, -0.25) is 14.7 Å². The van der Waals surface area contributed by atoms with E-state index < -0.39 is 17.6 Å². The highest BCUT2D eigenvalue weighted by molar-refractivity contribution is 9.10. The number of alkyl halides is 3. The summed E-state index contributed by atoms with van der Waals surface area (Å²) in [5.41, 5.74) is 1.13. The Morgan fingerprint density at radius 1 is 0.975 bits per heavy atom. The summed E-state index contributed by atoms with van der Waals surface area (Å²) in [6, 6.07) is 16.7. The maximum atomic E-state index is 14.0. The first-order chi connectivity index (χ1) is 19.2. The number of nitrogens with one attached hydrogen (secondary N) is 1. The molecule has 9 heteroatoms. The molecule has 1 aliphatic rings. The summed E-state index contributed by atoms with van der Waals surface area (Å²) < 4.78 is 42.6. The summed E-state index contributed by atoms with van der Waals surface area (Å²) in [7, 11) is 2.00. The summed E-state index contributed by atoms with van der Waals surface area (Å²) in [5, 5.41) is 4.55. The second-order valence-corrected chi connectivity index (χ2v) is 10.6. The van der Waals surface area contributed by atoms with Crippen LogP contribution in [-0.4, -0.2) is 53.9 Å². The van der Waals surface area contributed by atoms with Crippen molar-refractivity contribution in [2.75, 3.05) is 38.5 Å². The highest BCUT2D eigenvalue weighted by Gasteiger charge is 2.34. The first-order valence-electron chi connectivity index (χ1n) is 12.7. The van der Waals surface area contributed by atoms with Crippen molar-refractivity contribution in [3.63, 3.8) is 0 Å². The lowest BCUT2D eigenvalue weighted by molar-refractivity contribution is -0.138. The third-order valence-electron chi connectivity index (χ3n) is 6.89. The molecule has 1 N–H and O–H groups in total. The van der Waals surface area contributed by atoms with Gasteiger partial charge in [0.1, 0.15) is 0 Å². The number of hydrogen-bond acceptors (Lipinski definition) is 4. The Hall–Kier alpha value is -3.71. The van der Waals surface area contributed by atoms with Gasteiger partial charge in [0.15, 0.2) is 0 Å². The molecule has 0 radical (unpaired) electrons. The molecule has 0 bridgehead atoms. The molecular formula is C31H26BrF3N4O. The molecule has 0 aliphatic carbocycles. The van der Waals surface area contributed by atoms with E-state index >= 15 is 0 Å². The van der Waals surface area contributed by atoms with E-state index in [1.165, 1.54) is 12.1 Å². The standard InChI is InChI=1S/C31H26BrF3N4O/c1-38-12-14-39(15-13-38)20-25-8-10-26(17-28(25)31(33,34)35)37-30(40)22-9-11-29(32)21(16-22)6-7-24-19-36-18-23-4-2-3-5-27(23)24/h2-5,8-11,16-19H,12-15,20H2,1H3,(H,37,40). The largest absolute Gasteiger partial charge is 0.416 e. The number of pyridine rings is 1. The molecule has 1 amide bonds. The van der Waals surface area contributed by atoms with E-state index in [4.69, 9.17) is 0 Å². The maximum absolute atomic E-state index is 14.0. The predicted octanol–water partition coefficient (Wildman–Crippen LogP) is 6.42. The number of amides is 1. The topological polar surface area (TPSA) is 48.5 Å². The average molecular weight is 607 g/mol. The number of halogens is 4. The fourth-order valence-electron chi connectivity index (χ4n) is 4.62. The highest BCUT2D eigenvalue weighted by atomic mass is 79.9. The lowest BCUT2D eigenvalue weighted by Gasteiger charge is -2.33. The van der Waals surface area contributed by atoms with Gasteiger partial charge in [-0.05, 0) is 58.9 Å². The second kappa shape index (κ2) is 11.8. The number of aromatic nitrogens is 1. The van der Waals surface area contributed by atoms with E-state index in [0.717, 1.165) is 35.5 Å². The minimum atomic E-state index is -4.54. The van der Waals surface area contributed by atoms with Gasteiger partial charge in [-0.25, -0.2) is 0 Å². The van der Waals surface area contributed by atoms with Crippen molar-refractivity contribution in [3.05, 3.63) is 105 Å². The highest BCUT2D eigenvalue weighted by Crippen LogP contribution is 2.35. The Morgan fingerprint density at radius 2 is 1.73 bits per heavy atom. The van der Waals surface area contributed by atoms with Crippen LogP contribution in [-0.2, 0) is 12.7 Å². The third kappa shape index (κ3) is 6.53. The Bertz CT molecular complexity index is 1610. The fourth-order valence-corrected chi connectivity index (χ4v) is 4.96. The van der Waals surface area contributed by atoms with Crippen LogP contribution in [0.25, 0.3) is 10.8 Å². The zero-order chi connectivity index (χ0) is 28.3. The number of piperazine rings is 1. The van der Waals surface area contributed by atoms with E-state index in [1.807, 2.05) is 36.2 Å². The van der Waals surface area contributed by atoms with Gasteiger partial charge in [0.2, 0.25) is 0 Å². The molecular weight excluding hydrogens is 581 g/mol. The Morgan fingerprint density at radius 3 is 2.50 bits per heavy atom. The minimum Gasteiger partial charge on any atom is -0.322 e. The Kier molecular flexibility index (Phi) is 8.22. The van der Waals surface area contributed by atoms with E-state index in [0.29, 0.717) is 23.1 Å². The van der Waals surface area contributed by atoms with Gasteiger partial charge in [0.05, 0.1) is 11.1 Å². The van der Waals surface area contributed by atoms with E-state index in [9.17, 15) is 18.0 Å². The number of benzene rings is 3. The quantitative estimate of drug-likeness (QED) is 0.273. The number of rotatable bonds is 4. The van der Waals surface area contributed by atoms with Crippen molar-refractivity contribution in [1.29, 1.82) is 0 Å². The van der Waals surface area contributed by atoms with Crippen molar-refractivity contribution in [2.24, 2.45) is 0 Å². The molecule has 40 heavy (non-hydrogen) atoms. The number of anilines is 1. The summed E-state index contributed by atoms with van der Waals surface area (Å²) in [4.78, 5) is 21.5. The van der Waals surface area contributed by atoms with Crippen LogP contribution in [0.3, 0.4) is 0 Å². The van der Waals surface area contributed by atoms with Crippen LogP contribution < -0.4 is 5.32 Å². The van der Waals surface area contributed by atoms with Gasteiger partial charge in [-0.2, -0.15) is 13.2 Å². The lowest BCUT2D eigenvalue weighted by Crippen LogP contribution is -2.44. The van der Waals surface area contributed by atoms with Gasteiger partial charge in [-0.15, -0.1) is 0 Å². The molecule has 0 unspecified atom stereocenters. The summed E-state index contributed by atoms with van der Waals surface area (Å²) in [6.45, 7) is 3.25. The molecule has 5 nitrogen and oxygen atoms in total. The molecule has 204 valence electrons. The van der Waals surface area contributed by atoms with Gasteiger partial charge in [0, 0.05) is 77.2 Å². The van der Waals surface area contributed by atoms with Crippen LogP contribution >= 0.6 is 15.9 Å². The van der Waals surface area contributed by atoms with Crippen molar-refractivity contribution in [3.8, 4) is 11.8 Å². The van der Waals surface area contributed by atoms with Crippen molar-refractivity contribution >= 4 is 38.3 Å². The SMILES string of the molecule is CN1CCN(Cc2ccc(NC(=O)c3ccc(Br)c(C#Cc4cncc5ccccc45)c3)cc2C(F)(F)F)CC1. The second-order valence-electron chi connectivity index (χ2n) is 9.76. The van der Waals surface area contributed by atoms with Crippen LogP contribution in [0.5, 0.6) is 0 Å². The molecule has 3 aromatic carbocycles. The van der Waals surface area contributed by atoms with E-state index in [-0.39, 0.29) is 23.4 Å². The van der Waals surface area contributed by atoms with E-state index in [1.54, 1.807) is 30.6 Å². The van der Waals surface area contributed by atoms with Gasteiger partial charge in [-0.1, -0.05) is 42.2 Å². The number of fused-ring (bicyclic) bond motifs is 1. The normalized spacial score (nSPS) is 14.5. The number of hydrogen-bond donors (Lipinski definition) is 1. The van der Waals surface area contributed by atoms with Crippen LogP contribution in [0, 0.1) is 11.8 Å². The Balaban J connectivity index is 1.36. The van der Waals surface area contributed by atoms with Crippen LogP contribution in [0.15, 0.2) is 77.5 Å². The number of carbonyl (C=O) groups excluding carboxylic acids is 1. The van der Waals surface area contributed by atoms with Gasteiger partial charge in [0.25, 0.3) is 5.91 Å². The zero-order valence-electron chi connectivity index (χ0n) is 21.7. The van der Waals surface area contributed by atoms with Crippen molar-refractivity contribution < 1.29 is 18.0 Å². The summed E-state index contributed by atoms with van der Waals surface area (Å²) in [6.07, 6.45) is -1.09. The smallest absolute Gasteiger partial charge is 0.322 e. The minimum absolute atomic E-state index is 0.0804. The molecule has 5 rings (SSSR count). The monoisotopic (exact) mass is 606 g/mol. The zero-order valence-corrected chi connectivity index (χ0v) is 23.3. The molecule has 1 aromatic heterocycles. The number of likely N-dealkylation sites (N-methyl/N-ethyl adjacent to an activating group) is 1. The Labute approximate surface area is 239 Å². The first-order valence-corrected chi connectivity index (χ1v) is 13.5. The summed E-state index contributed by atoms with van der Waals surface area (Å²) >= 11 is 3.47. The molecule has 0 atom stereocenters. The van der Waals surface area contributed by atoms with Gasteiger partial charge >= 0.3 is 6.18 Å². The van der Waals surface area contributed by atoms with Crippen molar-refractivity contribution in [1.82, 2.24) is 14.8 Å². The fraction of sp³-hybridized carbons (Fsp3) is 0.226. The lowest BCUT2D eigenvalue weighted by atomic mass is 10.0. The van der Waals surface area contributed by atoms with Crippen LogP contribution in [0.1, 0.15) is 32.6 Å². The van der Waals surface area contributed by atoms with Crippen LogP contribution in [0.4, 0.5) is 18.9 Å².